The van der Waals surface area contributed by atoms with E-state index in [1.54, 1.807) is 24.7 Å². The van der Waals surface area contributed by atoms with Crippen LogP contribution in [0.3, 0.4) is 0 Å². The maximum atomic E-state index is 13.9. The van der Waals surface area contributed by atoms with Crippen molar-refractivity contribution in [2.45, 2.75) is 19.4 Å². The molecule has 27 heavy (non-hydrogen) atoms. The van der Waals surface area contributed by atoms with Crippen molar-refractivity contribution in [3.05, 3.63) is 59.7 Å². The average Bonchev–Trinajstić information content (AvgIpc) is 2.70. The first-order chi connectivity index (χ1) is 13.1. The molecule has 1 aliphatic heterocycles. The first kappa shape index (κ1) is 17.3. The van der Waals surface area contributed by atoms with Crippen LogP contribution in [0.2, 0.25) is 0 Å². The number of nitrogens with zero attached hydrogens (tertiary/aromatic N) is 5. The largest absolute Gasteiger partial charge is 0.493 e. The van der Waals surface area contributed by atoms with Crippen LogP contribution in [-0.2, 0) is 6.42 Å². The van der Waals surface area contributed by atoms with Crippen molar-refractivity contribution in [1.29, 1.82) is 0 Å². The number of benzene rings is 1. The smallest absolute Gasteiger partial charge is 0.200 e. The third-order valence-electron chi connectivity index (χ3n) is 4.70. The minimum absolute atomic E-state index is 0.103. The lowest BCUT2D eigenvalue weighted by Gasteiger charge is -2.36. The van der Waals surface area contributed by atoms with Crippen molar-refractivity contribution >= 4 is 5.69 Å². The maximum Gasteiger partial charge on any atom is 0.200 e. The Morgan fingerprint density at radius 1 is 1.11 bits per heavy atom. The molecular formula is C19H17F2N5O. The summed E-state index contributed by atoms with van der Waals surface area (Å²) in [5, 5.41) is 0. The molecular weight excluding hydrogens is 352 g/mol. The van der Waals surface area contributed by atoms with Crippen LogP contribution in [-0.4, -0.2) is 33.6 Å². The van der Waals surface area contributed by atoms with E-state index in [0.29, 0.717) is 30.3 Å². The summed E-state index contributed by atoms with van der Waals surface area (Å²) >= 11 is 0. The molecule has 1 aliphatic rings. The summed E-state index contributed by atoms with van der Waals surface area (Å²) in [7, 11) is 1.32. The van der Waals surface area contributed by atoms with Gasteiger partial charge >= 0.3 is 0 Å². The highest BCUT2D eigenvalue weighted by Crippen LogP contribution is 2.36. The second-order valence-electron chi connectivity index (χ2n) is 6.23. The van der Waals surface area contributed by atoms with E-state index in [0.717, 1.165) is 11.3 Å². The lowest BCUT2D eigenvalue weighted by molar-refractivity contribution is 0.371. The van der Waals surface area contributed by atoms with E-state index in [9.17, 15) is 8.78 Å². The molecule has 8 heteroatoms. The zero-order valence-electron chi connectivity index (χ0n) is 14.9. The standard InChI is InChI=1S/C19H17F2N5O/c1-11-13-10-24-19(18-22-5-3-6-23-18)25-15(13)4-7-26(11)12-8-14(20)17(21)16(9-12)27-2/h3,5-6,8-11H,4,7H2,1-2H3. The molecule has 3 aromatic rings. The van der Waals surface area contributed by atoms with Gasteiger partial charge in [0, 0.05) is 54.9 Å². The molecule has 0 radical (unpaired) electrons. The molecule has 0 saturated heterocycles. The number of anilines is 1. The Kier molecular flexibility index (Phi) is 4.39. The van der Waals surface area contributed by atoms with Gasteiger partial charge in [0.25, 0.3) is 0 Å². The van der Waals surface area contributed by atoms with Crippen molar-refractivity contribution in [2.75, 3.05) is 18.6 Å². The van der Waals surface area contributed by atoms with Gasteiger partial charge in [-0.05, 0) is 13.0 Å². The van der Waals surface area contributed by atoms with Crippen molar-refractivity contribution in [3.63, 3.8) is 0 Å². The average molecular weight is 369 g/mol. The fourth-order valence-electron chi connectivity index (χ4n) is 3.30. The molecule has 0 aliphatic carbocycles. The normalized spacial score (nSPS) is 16.1. The number of hydrogen-bond donors (Lipinski definition) is 0. The SMILES string of the molecule is COc1cc(N2CCc3nc(-c4ncccn4)ncc3C2C)cc(F)c1F. The number of halogens is 2. The van der Waals surface area contributed by atoms with Gasteiger partial charge in [0.15, 0.2) is 23.2 Å². The Hall–Kier alpha value is -3.16. The zero-order valence-corrected chi connectivity index (χ0v) is 14.9. The molecule has 2 aromatic heterocycles. The lowest BCUT2D eigenvalue weighted by Crippen LogP contribution is -2.35. The fourth-order valence-corrected chi connectivity index (χ4v) is 3.30. The van der Waals surface area contributed by atoms with Crippen molar-refractivity contribution in [2.24, 2.45) is 0 Å². The number of aromatic nitrogens is 4. The van der Waals surface area contributed by atoms with Gasteiger partial charge in [-0.3, -0.25) is 0 Å². The lowest BCUT2D eigenvalue weighted by atomic mass is 9.98. The molecule has 1 aromatic carbocycles. The van der Waals surface area contributed by atoms with Gasteiger partial charge in [-0.15, -0.1) is 0 Å². The van der Waals surface area contributed by atoms with Crippen LogP contribution in [0.1, 0.15) is 24.2 Å². The number of rotatable bonds is 3. The Morgan fingerprint density at radius 3 is 2.63 bits per heavy atom. The summed E-state index contributed by atoms with van der Waals surface area (Å²) in [6.45, 7) is 2.59. The molecule has 4 rings (SSSR count). The summed E-state index contributed by atoms with van der Waals surface area (Å²) in [5.41, 5.74) is 2.40. The predicted molar refractivity (Wildman–Crippen MR) is 95.4 cm³/mol. The van der Waals surface area contributed by atoms with Gasteiger partial charge in [0.05, 0.1) is 18.8 Å². The third kappa shape index (κ3) is 3.07. The molecule has 3 heterocycles. The Balaban J connectivity index is 1.68. The monoisotopic (exact) mass is 369 g/mol. The van der Waals surface area contributed by atoms with Gasteiger partial charge in [0.1, 0.15) is 0 Å². The van der Waals surface area contributed by atoms with Crippen LogP contribution >= 0.6 is 0 Å². The minimum Gasteiger partial charge on any atom is -0.493 e. The number of ether oxygens (including phenoxy) is 1. The molecule has 0 bridgehead atoms. The van der Waals surface area contributed by atoms with E-state index in [1.165, 1.54) is 19.2 Å². The van der Waals surface area contributed by atoms with Crippen molar-refractivity contribution < 1.29 is 13.5 Å². The molecule has 0 spiro atoms. The van der Waals surface area contributed by atoms with E-state index < -0.39 is 11.6 Å². The van der Waals surface area contributed by atoms with E-state index >= 15 is 0 Å². The molecule has 0 fully saturated rings. The third-order valence-corrected chi connectivity index (χ3v) is 4.70. The number of methoxy groups -OCH3 is 1. The first-order valence-corrected chi connectivity index (χ1v) is 8.51. The Labute approximate surface area is 154 Å². The highest BCUT2D eigenvalue weighted by atomic mass is 19.2. The van der Waals surface area contributed by atoms with Crippen LogP contribution in [0.4, 0.5) is 14.5 Å². The quantitative estimate of drug-likeness (QED) is 0.706. The minimum atomic E-state index is -0.984. The Bertz CT molecular complexity index is 983. The van der Waals surface area contributed by atoms with Gasteiger partial charge in [-0.25, -0.2) is 24.3 Å². The van der Waals surface area contributed by atoms with Crippen LogP contribution in [0, 0.1) is 11.6 Å². The van der Waals surface area contributed by atoms with Gasteiger partial charge in [-0.2, -0.15) is 4.39 Å². The summed E-state index contributed by atoms with van der Waals surface area (Å²) in [5.74, 6) is -1.08. The van der Waals surface area contributed by atoms with Crippen LogP contribution in [0.5, 0.6) is 5.75 Å². The molecule has 1 unspecified atom stereocenters. The van der Waals surface area contributed by atoms with Gasteiger partial charge < -0.3 is 9.64 Å². The van der Waals surface area contributed by atoms with E-state index in [1.807, 2.05) is 11.8 Å². The Morgan fingerprint density at radius 2 is 1.89 bits per heavy atom. The van der Waals surface area contributed by atoms with Crippen LogP contribution in [0.25, 0.3) is 11.6 Å². The first-order valence-electron chi connectivity index (χ1n) is 8.51. The van der Waals surface area contributed by atoms with Gasteiger partial charge in [0.2, 0.25) is 5.82 Å². The molecule has 0 saturated carbocycles. The molecule has 138 valence electrons. The highest BCUT2D eigenvalue weighted by Gasteiger charge is 2.27. The maximum absolute atomic E-state index is 13.9. The summed E-state index contributed by atoms with van der Waals surface area (Å²) in [6, 6.07) is 4.33. The molecule has 6 nitrogen and oxygen atoms in total. The second-order valence-corrected chi connectivity index (χ2v) is 6.23. The van der Waals surface area contributed by atoms with E-state index in [4.69, 9.17) is 4.74 Å². The van der Waals surface area contributed by atoms with E-state index in [-0.39, 0.29) is 11.8 Å². The summed E-state index contributed by atoms with van der Waals surface area (Å²) < 4.78 is 32.6. The summed E-state index contributed by atoms with van der Waals surface area (Å²) in [6.07, 6.45) is 5.68. The van der Waals surface area contributed by atoms with Crippen molar-refractivity contribution in [3.8, 4) is 17.4 Å². The van der Waals surface area contributed by atoms with E-state index in [2.05, 4.69) is 19.9 Å². The number of fused-ring (bicyclic) bond motifs is 1. The second kappa shape index (κ2) is 6.86. The topological polar surface area (TPSA) is 64.0 Å². The highest BCUT2D eigenvalue weighted by molar-refractivity contribution is 5.55. The van der Waals surface area contributed by atoms with Gasteiger partial charge in [-0.1, -0.05) is 0 Å². The fraction of sp³-hybridized carbons (Fsp3) is 0.263. The van der Waals surface area contributed by atoms with Crippen molar-refractivity contribution in [1.82, 2.24) is 19.9 Å². The number of hydrogen-bond acceptors (Lipinski definition) is 6. The summed E-state index contributed by atoms with van der Waals surface area (Å²) in [4.78, 5) is 19.3. The molecule has 0 amide bonds. The predicted octanol–water partition coefficient (Wildman–Crippen LogP) is 3.34. The molecule has 1 atom stereocenters. The molecule has 0 N–H and O–H groups in total. The van der Waals surface area contributed by atoms with Crippen LogP contribution < -0.4 is 9.64 Å². The van der Waals surface area contributed by atoms with Crippen LogP contribution in [0.15, 0.2) is 36.8 Å². The zero-order chi connectivity index (χ0) is 19.0.